The van der Waals surface area contributed by atoms with Gasteiger partial charge < -0.3 is 15.4 Å². The zero-order chi connectivity index (χ0) is 27.8. The molecule has 1 saturated heterocycles. The molecule has 0 aliphatic carbocycles. The number of carbonyl (C=O) groups is 2. The van der Waals surface area contributed by atoms with Crippen LogP contribution >= 0.6 is 0 Å². The van der Waals surface area contributed by atoms with E-state index in [1.165, 1.54) is 59.6 Å². The number of rotatable bonds is 6. The van der Waals surface area contributed by atoms with Gasteiger partial charge in [-0.05, 0) is 55.3 Å². The fourth-order valence-electron chi connectivity index (χ4n) is 4.77. The van der Waals surface area contributed by atoms with E-state index in [-0.39, 0.29) is 59.3 Å². The number of anilines is 2. The summed E-state index contributed by atoms with van der Waals surface area (Å²) in [4.78, 5) is 34.7. The minimum absolute atomic E-state index is 0.0121. The molecule has 1 aromatic heterocycles. The molecular formula is C27H23F2N5O4S. The number of nitrogens with one attached hydrogen (secondary N) is 1. The molecule has 0 saturated carbocycles. The van der Waals surface area contributed by atoms with Crippen LogP contribution in [-0.4, -0.2) is 48.6 Å². The lowest BCUT2D eigenvalue weighted by Crippen LogP contribution is -2.46. The topological polar surface area (TPSA) is 135 Å². The summed E-state index contributed by atoms with van der Waals surface area (Å²) < 4.78 is 56.8. The van der Waals surface area contributed by atoms with Crippen molar-refractivity contribution in [1.82, 2.24) is 14.9 Å². The number of fused-ring (bicyclic) bond motifs is 1. The Hall–Kier alpha value is -4.45. The number of hydrogen-bond donors (Lipinski definition) is 2. The van der Waals surface area contributed by atoms with Gasteiger partial charge in [0.1, 0.15) is 22.5 Å². The molecule has 0 radical (unpaired) electrons. The van der Waals surface area contributed by atoms with Crippen molar-refractivity contribution in [2.75, 3.05) is 23.5 Å². The average Bonchev–Trinajstić information content (AvgIpc) is 2.94. The van der Waals surface area contributed by atoms with E-state index in [4.69, 9.17) is 5.73 Å². The third kappa shape index (κ3) is 4.90. The van der Waals surface area contributed by atoms with Gasteiger partial charge in [0.05, 0.1) is 17.1 Å². The lowest BCUT2D eigenvalue weighted by atomic mass is 9.73. The molecule has 2 heterocycles. The maximum absolute atomic E-state index is 14.4. The number of sulfonamides is 1. The number of nitrogen functional groups attached to an aromatic ring is 1. The second-order valence-electron chi connectivity index (χ2n) is 9.27. The quantitative estimate of drug-likeness (QED) is 0.349. The van der Waals surface area contributed by atoms with Crippen LogP contribution < -0.4 is 10.5 Å². The van der Waals surface area contributed by atoms with Gasteiger partial charge in [0, 0.05) is 29.9 Å². The van der Waals surface area contributed by atoms with Crippen LogP contribution in [-0.2, 0) is 20.2 Å². The molecule has 5 rings (SSSR count). The predicted molar refractivity (Wildman–Crippen MR) is 140 cm³/mol. The number of likely N-dealkylation sites (tertiary alicyclic amines) is 1. The van der Waals surface area contributed by atoms with E-state index >= 15 is 0 Å². The third-order valence-corrected chi connectivity index (χ3v) is 8.30. The van der Waals surface area contributed by atoms with E-state index in [0.717, 1.165) is 6.07 Å². The number of carbonyl (C=O) groups excluding carboxylic acids is 2. The van der Waals surface area contributed by atoms with E-state index < -0.39 is 27.1 Å². The largest absolute Gasteiger partial charge is 0.382 e. The van der Waals surface area contributed by atoms with Gasteiger partial charge in [-0.1, -0.05) is 18.2 Å². The Kier molecular flexibility index (Phi) is 6.73. The standard InChI is InChI=1S/C27H23F2N5O4S/c28-20-4-1-3-19(24(20)29)27(16-35)11-13-34(14-12-27)26(36)17-7-9-18(10-8-17)33-39(37,38)22-6-2-5-21-25(22)31-15-23(30)32-21/h1-10,15-16,33H,11-14H2,(H2,30,32). The summed E-state index contributed by atoms with van der Waals surface area (Å²) in [6.45, 7) is 0.322. The van der Waals surface area contributed by atoms with Crippen LogP contribution in [0.2, 0.25) is 0 Å². The smallest absolute Gasteiger partial charge is 0.264 e. The first-order valence-electron chi connectivity index (χ1n) is 12.0. The number of nitrogens with two attached hydrogens (primary N) is 1. The fraction of sp³-hybridized carbons (Fsp3) is 0.185. The summed E-state index contributed by atoms with van der Waals surface area (Å²) in [6, 6.07) is 14.2. The second-order valence-corrected chi connectivity index (χ2v) is 10.9. The molecule has 3 N–H and O–H groups in total. The number of amides is 1. The van der Waals surface area contributed by atoms with Crippen LogP contribution in [0.4, 0.5) is 20.3 Å². The van der Waals surface area contributed by atoms with Gasteiger partial charge >= 0.3 is 0 Å². The Bertz CT molecular complexity index is 1690. The van der Waals surface area contributed by atoms with Crippen LogP contribution in [0.1, 0.15) is 28.8 Å². The van der Waals surface area contributed by atoms with Crippen molar-refractivity contribution in [3.05, 3.63) is 89.6 Å². The highest BCUT2D eigenvalue weighted by Gasteiger charge is 2.40. The molecule has 1 amide bonds. The Labute approximate surface area is 222 Å². The summed E-state index contributed by atoms with van der Waals surface area (Å²) in [5, 5.41) is 0. The number of para-hydroxylation sites is 1. The number of benzene rings is 3. The number of aromatic nitrogens is 2. The van der Waals surface area contributed by atoms with Crippen LogP contribution in [0.3, 0.4) is 0 Å². The van der Waals surface area contributed by atoms with Gasteiger partial charge in [-0.25, -0.2) is 27.2 Å². The lowest BCUT2D eigenvalue weighted by molar-refractivity contribution is -0.114. The average molecular weight is 552 g/mol. The molecule has 4 aromatic rings. The SMILES string of the molecule is Nc1cnc2c(S(=O)(=O)Nc3ccc(C(=O)N4CCC(C=O)(c5cccc(F)c5F)CC4)cc3)cccc2n1. The Morgan fingerprint density at radius 3 is 2.41 bits per heavy atom. The number of hydrogen-bond acceptors (Lipinski definition) is 7. The van der Waals surface area contributed by atoms with E-state index in [0.29, 0.717) is 17.4 Å². The van der Waals surface area contributed by atoms with Crippen molar-refractivity contribution in [1.29, 1.82) is 0 Å². The summed E-state index contributed by atoms with van der Waals surface area (Å²) in [5.41, 5.74) is 5.45. The molecule has 0 unspecified atom stereocenters. The van der Waals surface area contributed by atoms with E-state index in [1.54, 1.807) is 6.07 Å². The molecule has 9 nitrogen and oxygen atoms in total. The van der Waals surface area contributed by atoms with Gasteiger partial charge in [0.2, 0.25) is 0 Å². The fourth-order valence-corrected chi connectivity index (χ4v) is 5.99. The van der Waals surface area contributed by atoms with Crippen molar-refractivity contribution in [3.8, 4) is 0 Å². The van der Waals surface area contributed by atoms with Gasteiger partial charge in [-0.15, -0.1) is 0 Å². The van der Waals surface area contributed by atoms with Crippen molar-refractivity contribution >= 4 is 44.8 Å². The van der Waals surface area contributed by atoms with Gasteiger partial charge in [0.25, 0.3) is 15.9 Å². The van der Waals surface area contributed by atoms with Crippen molar-refractivity contribution in [3.63, 3.8) is 0 Å². The molecule has 39 heavy (non-hydrogen) atoms. The van der Waals surface area contributed by atoms with Crippen molar-refractivity contribution < 1.29 is 26.8 Å². The maximum Gasteiger partial charge on any atom is 0.264 e. The number of nitrogens with zero attached hydrogens (tertiary/aromatic N) is 3. The summed E-state index contributed by atoms with van der Waals surface area (Å²) in [6.07, 6.45) is 2.18. The monoisotopic (exact) mass is 551 g/mol. The Balaban J connectivity index is 1.29. The van der Waals surface area contributed by atoms with E-state index in [9.17, 15) is 26.8 Å². The number of halogens is 2. The van der Waals surface area contributed by atoms with Gasteiger partial charge in [-0.2, -0.15) is 0 Å². The molecule has 1 fully saturated rings. The minimum atomic E-state index is -4.03. The van der Waals surface area contributed by atoms with Crippen LogP contribution in [0.5, 0.6) is 0 Å². The summed E-state index contributed by atoms with van der Waals surface area (Å²) in [7, 11) is -4.03. The molecule has 0 spiro atoms. The predicted octanol–water partition coefficient (Wildman–Crippen LogP) is 3.66. The highest BCUT2D eigenvalue weighted by atomic mass is 32.2. The summed E-state index contributed by atoms with van der Waals surface area (Å²) >= 11 is 0. The lowest BCUT2D eigenvalue weighted by Gasteiger charge is -2.38. The first-order valence-corrected chi connectivity index (χ1v) is 13.5. The number of aldehydes is 1. The Morgan fingerprint density at radius 2 is 1.72 bits per heavy atom. The van der Waals surface area contributed by atoms with Crippen LogP contribution in [0, 0.1) is 11.6 Å². The van der Waals surface area contributed by atoms with Crippen molar-refractivity contribution in [2.45, 2.75) is 23.2 Å². The zero-order valence-corrected chi connectivity index (χ0v) is 21.3. The molecule has 1 aliphatic heterocycles. The van der Waals surface area contributed by atoms with Gasteiger partial charge in [-0.3, -0.25) is 9.52 Å². The normalized spacial score (nSPS) is 15.2. The third-order valence-electron chi connectivity index (χ3n) is 6.88. The molecule has 3 aromatic carbocycles. The van der Waals surface area contributed by atoms with Crippen LogP contribution in [0.15, 0.2) is 71.8 Å². The zero-order valence-electron chi connectivity index (χ0n) is 20.5. The highest BCUT2D eigenvalue weighted by molar-refractivity contribution is 7.93. The molecular weight excluding hydrogens is 528 g/mol. The molecule has 0 atom stereocenters. The summed E-state index contributed by atoms with van der Waals surface area (Å²) in [5.74, 6) is -2.24. The van der Waals surface area contributed by atoms with Gasteiger partial charge in [0.15, 0.2) is 11.6 Å². The highest BCUT2D eigenvalue weighted by Crippen LogP contribution is 2.36. The molecule has 1 aliphatic rings. The van der Waals surface area contributed by atoms with E-state index in [1.807, 2.05) is 0 Å². The first-order chi connectivity index (χ1) is 18.6. The Morgan fingerprint density at radius 1 is 1.03 bits per heavy atom. The molecule has 0 bridgehead atoms. The number of piperidine rings is 1. The molecule has 12 heteroatoms. The minimum Gasteiger partial charge on any atom is -0.382 e. The first kappa shape index (κ1) is 26.2. The van der Waals surface area contributed by atoms with Crippen LogP contribution in [0.25, 0.3) is 11.0 Å². The van der Waals surface area contributed by atoms with Crippen molar-refractivity contribution in [2.24, 2.45) is 0 Å². The maximum atomic E-state index is 14.4. The van der Waals surface area contributed by atoms with E-state index in [2.05, 4.69) is 14.7 Å². The second kappa shape index (κ2) is 10.0. The molecule has 200 valence electrons.